The van der Waals surface area contributed by atoms with Crippen LogP contribution in [0.15, 0.2) is 35.5 Å². The molecule has 136 valence electrons. The Hall–Kier alpha value is -2.38. The molecule has 25 heavy (non-hydrogen) atoms. The van der Waals surface area contributed by atoms with Gasteiger partial charge in [-0.2, -0.15) is 0 Å². The number of benzene rings is 1. The molecule has 1 aromatic carbocycles. The minimum Gasteiger partial charge on any atom is -0.463 e. The van der Waals surface area contributed by atoms with Crippen LogP contribution in [0.25, 0.3) is 0 Å². The van der Waals surface area contributed by atoms with Gasteiger partial charge in [-0.3, -0.25) is 0 Å². The highest BCUT2D eigenvalue weighted by Gasteiger charge is 2.33. The largest absolute Gasteiger partial charge is 0.463 e. The van der Waals surface area contributed by atoms with Crippen molar-refractivity contribution in [3.05, 3.63) is 46.7 Å². The Morgan fingerprint density at radius 3 is 2.64 bits per heavy atom. The average Bonchev–Trinajstić information content (AvgIpc) is 2.59. The van der Waals surface area contributed by atoms with Crippen molar-refractivity contribution in [3.8, 4) is 0 Å². The van der Waals surface area contributed by atoms with Crippen LogP contribution in [0.1, 0.15) is 24.1 Å². The normalized spacial score (nSPS) is 17.1. The fourth-order valence-corrected chi connectivity index (χ4v) is 2.60. The number of methoxy groups -OCH3 is 1. The quantitative estimate of drug-likeness (QED) is 0.489. The molecule has 0 spiro atoms. The zero-order chi connectivity index (χ0) is 18.2. The monoisotopic (exact) mass is 347 g/mol. The second-order valence-electron chi connectivity index (χ2n) is 5.72. The van der Waals surface area contributed by atoms with Crippen LogP contribution < -0.4 is 16.0 Å². The van der Waals surface area contributed by atoms with Crippen molar-refractivity contribution in [1.82, 2.24) is 16.0 Å². The number of carbonyl (C=O) groups is 2. The number of rotatable bonds is 8. The topological polar surface area (TPSA) is 88.7 Å². The minimum atomic E-state index is -0.548. The Morgan fingerprint density at radius 1 is 1.28 bits per heavy atom. The Balaban J connectivity index is 2.34. The molecule has 1 aromatic rings. The number of urea groups is 1. The molecular formula is C18H25N3O4. The maximum atomic E-state index is 12.5. The van der Waals surface area contributed by atoms with Crippen LogP contribution in [0, 0.1) is 6.92 Å². The maximum Gasteiger partial charge on any atom is 0.338 e. The first-order chi connectivity index (χ1) is 12.1. The summed E-state index contributed by atoms with van der Waals surface area (Å²) in [6.45, 7) is 5.49. The van der Waals surface area contributed by atoms with Gasteiger partial charge in [0.25, 0.3) is 0 Å². The lowest BCUT2D eigenvalue weighted by Gasteiger charge is -2.29. The van der Waals surface area contributed by atoms with Gasteiger partial charge in [-0.25, -0.2) is 9.59 Å². The third kappa shape index (κ3) is 5.04. The highest BCUT2D eigenvalue weighted by atomic mass is 16.5. The molecule has 0 saturated carbocycles. The Bertz CT molecular complexity index is 640. The Kier molecular flexibility index (Phi) is 6.97. The van der Waals surface area contributed by atoms with Gasteiger partial charge < -0.3 is 25.4 Å². The summed E-state index contributed by atoms with van der Waals surface area (Å²) < 4.78 is 10.2. The summed E-state index contributed by atoms with van der Waals surface area (Å²) in [5, 5.41) is 8.68. The molecular weight excluding hydrogens is 322 g/mol. The van der Waals surface area contributed by atoms with Crippen molar-refractivity contribution in [3.63, 3.8) is 0 Å². The lowest BCUT2D eigenvalue weighted by molar-refractivity contribution is -0.139. The van der Waals surface area contributed by atoms with Crippen molar-refractivity contribution in [2.24, 2.45) is 0 Å². The van der Waals surface area contributed by atoms with E-state index in [1.165, 1.54) is 0 Å². The van der Waals surface area contributed by atoms with Crippen LogP contribution in [-0.2, 0) is 14.3 Å². The van der Waals surface area contributed by atoms with Crippen LogP contribution in [-0.4, -0.2) is 45.4 Å². The van der Waals surface area contributed by atoms with Gasteiger partial charge in [0.2, 0.25) is 0 Å². The molecule has 1 heterocycles. The minimum absolute atomic E-state index is 0.265. The molecule has 0 fully saturated rings. The summed E-state index contributed by atoms with van der Waals surface area (Å²) in [5.41, 5.74) is 2.86. The predicted molar refractivity (Wildman–Crippen MR) is 94.0 cm³/mol. The van der Waals surface area contributed by atoms with E-state index >= 15 is 0 Å². The smallest absolute Gasteiger partial charge is 0.338 e. The van der Waals surface area contributed by atoms with E-state index in [1.807, 2.05) is 31.2 Å². The van der Waals surface area contributed by atoms with Crippen molar-refractivity contribution in [1.29, 1.82) is 0 Å². The second kappa shape index (κ2) is 9.19. The SMILES string of the molecule is CCOC(=O)C1=C(CNCCOC)NC(=O)NC1c1ccc(C)cc1. The molecule has 0 bridgehead atoms. The Labute approximate surface area is 147 Å². The number of hydrogen-bond donors (Lipinski definition) is 3. The maximum absolute atomic E-state index is 12.5. The van der Waals surface area contributed by atoms with E-state index in [0.29, 0.717) is 31.0 Å². The van der Waals surface area contributed by atoms with E-state index in [1.54, 1.807) is 14.0 Å². The van der Waals surface area contributed by atoms with E-state index < -0.39 is 12.0 Å². The molecule has 0 aliphatic carbocycles. The van der Waals surface area contributed by atoms with Gasteiger partial charge in [-0.1, -0.05) is 29.8 Å². The molecule has 1 aliphatic rings. The van der Waals surface area contributed by atoms with Crippen molar-refractivity contribution in [2.45, 2.75) is 19.9 Å². The van der Waals surface area contributed by atoms with Gasteiger partial charge in [0.15, 0.2) is 0 Å². The average molecular weight is 347 g/mol. The van der Waals surface area contributed by atoms with Crippen molar-refractivity contribution >= 4 is 12.0 Å². The molecule has 2 amide bonds. The second-order valence-corrected chi connectivity index (χ2v) is 5.72. The van der Waals surface area contributed by atoms with Crippen LogP contribution >= 0.6 is 0 Å². The summed E-state index contributed by atoms with van der Waals surface area (Å²) in [7, 11) is 1.62. The molecule has 7 nitrogen and oxygen atoms in total. The lowest BCUT2D eigenvalue weighted by atomic mass is 9.94. The number of amides is 2. The highest BCUT2D eigenvalue weighted by Crippen LogP contribution is 2.27. The fraction of sp³-hybridized carbons (Fsp3) is 0.444. The number of hydrogen-bond acceptors (Lipinski definition) is 5. The van der Waals surface area contributed by atoms with Crippen molar-refractivity contribution < 1.29 is 19.1 Å². The van der Waals surface area contributed by atoms with E-state index in [-0.39, 0.29) is 12.6 Å². The fourth-order valence-electron chi connectivity index (χ4n) is 2.60. The first kappa shape index (κ1) is 19.0. The van der Waals surface area contributed by atoms with Gasteiger partial charge in [-0.05, 0) is 19.4 Å². The molecule has 1 aliphatic heterocycles. The molecule has 0 aromatic heterocycles. The van der Waals surface area contributed by atoms with Crippen LogP contribution in [0.2, 0.25) is 0 Å². The van der Waals surface area contributed by atoms with Crippen LogP contribution in [0.4, 0.5) is 4.79 Å². The van der Waals surface area contributed by atoms with Gasteiger partial charge >= 0.3 is 12.0 Å². The number of ether oxygens (including phenoxy) is 2. The van der Waals surface area contributed by atoms with Crippen LogP contribution in [0.3, 0.4) is 0 Å². The van der Waals surface area contributed by atoms with Crippen LogP contribution in [0.5, 0.6) is 0 Å². The molecule has 2 rings (SSSR count). The summed E-state index contributed by atoms with van der Waals surface area (Å²) >= 11 is 0. The zero-order valence-electron chi connectivity index (χ0n) is 14.8. The lowest BCUT2D eigenvalue weighted by Crippen LogP contribution is -2.48. The van der Waals surface area contributed by atoms with E-state index in [9.17, 15) is 9.59 Å². The van der Waals surface area contributed by atoms with E-state index in [0.717, 1.165) is 11.1 Å². The van der Waals surface area contributed by atoms with Crippen molar-refractivity contribution in [2.75, 3.05) is 33.4 Å². The summed E-state index contributed by atoms with van der Waals surface area (Å²) in [6.07, 6.45) is 0. The summed E-state index contributed by atoms with van der Waals surface area (Å²) in [6, 6.07) is 6.81. The van der Waals surface area contributed by atoms with Gasteiger partial charge in [0.1, 0.15) is 0 Å². The molecule has 1 unspecified atom stereocenters. The first-order valence-electron chi connectivity index (χ1n) is 8.30. The first-order valence-corrected chi connectivity index (χ1v) is 8.30. The number of nitrogens with one attached hydrogen (secondary N) is 3. The van der Waals surface area contributed by atoms with Gasteiger partial charge in [-0.15, -0.1) is 0 Å². The molecule has 0 saturated heterocycles. The molecule has 3 N–H and O–H groups in total. The molecule has 1 atom stereocenters. The number of aryl methyl sites for hydroxylation is 1. The summed E-state index contributed by atoms with van der Waals surface area (Å²) in [4.78, 5) is 24.6. The number of carbonyl (C=O) groups excluding carboxylic acids is 2. The van der Waals surface area contributed by atoms with Gasteiger partial charge in [0, 0.05) is 25.9 Å². The van der Waals surface area contributed by atoms with Gasteiger partial charge in [0.05, 0.1) is 24.8 Å². The third-order valence-corrected chi connectivity index (χ3v) is 3.84. The summed E-state index contributed by atoms with van der Waals surface area (Å²) in [5.74, 6) is -0.441. The van der Waals surface area contributed by atoms with E-state index in [2.05, 4.69) is 16.0 Å². The zero-order valence-corrected chi connectivity index (χ0v) is 14.8. The van der Waals surface area contributed by atoms with E-state index in [4.69, 9.17) is 9.47 Å². The standard InChI is InChI=1S/C18H25N3O4/c1-4-25-17(22)15-14(11-19-9-10-24-3)20-18(23)21-16(15)13-7-5-12(2)6-8-13/h5-8,16,19H,4,9-11H2,1-3H3,(H2,20,21,23). The third-order valence-electron chi connectivity index (χ3n) is 3.84. The molecule has 7 heteroatoms. The predicted octanol–water partition coefficient (Wildman–Crippen LogP) is 1.40. The molecule has 0 radical (unpaired) electrons. The Morgan fingerprint density at radius 2 is 2.00 bits per heavy atom. The highest BCUT2D eigenvalue weighted by molar-refractivity contribution is 5.95. The number of esters is 1.